The van der Waals surface area contributed by atoms with Gasteiger partial charge in [0.1, 0.15) is 0 Å². The number of anilines is 1. The van der Waals surface area contributed by atoms with E-state index in [0.717, 1.165) is 28.5 Å². The van der Waals surface area contributed by atoms with E-state index in [-0.39, 0.29) is 0 Å². The smallest absolute Gasteiger partial charge is 0.0648 e. The number of benzene rings is 1. The first kappa shape index (κ1) is 14.6. The molecule has 1 aromatic rings. The van der Waals surface area contributed by atoms with Crippen LogP contribution in [0.3, 0.4) is 0 Å². The Bertz CT molecular complexity index is 521. The van der Waals surface area contributed by atoms with Gasteiger partial charge in [-0.3, -0.25) is 0 Å². The summed E-state index contributed by atoms with van der Waals surface area (Å²) in [6.45, 7) is 2.39. The number of rotatable bonds is 3. The highest BCUT2D eigenvalue weighted by Gasteiger charge is 2.53. The van der Waals surface area contributed by atoms with Gasteiger partial charge in [-0.2, -0.15) is 0 Å². The van der Waals surface area contributed by atoms with Crippen LogP contribution in [0.1, 0.15) is 45.4 Å². The van der Waals surface area contributed by atoms with Crippen LogP contribution in [0.2, 0.25) is 5.02 Å². The van der Waals surface area contributed by atoms with Crippen LogP contribution in [0.4, 0.5) is 5.69 Å². The molecule has 0 spiro atoms. The molecule has 0 saturated heterocycles. The molecule has 4 bridgehead atoms. The Morgan fingerprint density at radius 3 is 2.24 bits per heavy atom. The Morgan fingerprint density at radius 2 is 1.71 bits per heavy atom. The molecule has 3 heteroatoms. The van der Waals surface area contributed by atoms with Gasteiger partial charge in [-0.1, -0.05) is 11.6 Å². The third-order valence-electron chi connectivity index (χ3n) is 6.31. The topological polar surface area (TPSA) is 12.0 Å². The van der Waals surface area contributed by atoms with Crippen molar-refractivity contribution in [3.8, 4) is 0 Å². The first-order chi connectivity index (χ1) is 10.0. The van der Waals surface area contributed by atoms with Crippen LogP contribution in [0, 0.1) is 26.7 Å². The second-order valence-corrected chi connectivity index (χ2v) is 9.42. The minimum absolute atomic E-state index is 0.529. The highest BCUT2D eigenvalue weighted by Crippen LogP contribution is 2.61. The van der Waals surface area contributed by atoms with Gasteiger partial charge in [-0.25, -0.2) is 0 Å². The van der Waals surface area contributed by atoms with Crippen LogP contribution >= 0.6 is 34.2 Å². The lowest BCUT2D eigenvalue weighted by atomic mass is 9.48. The Hall–Kier alpha value is 0.0400. The van der Waals surface area contributed by atoms with E-state index in [1.807, 2.05) is 0 Å². The van der Waals surface area contributed by atoms with E-state index in [1.165, 1.54) is 42.1 Å². The highest BCUT2D eigenvalue weighted by molar-refractivity contribution is 14.1. The van der Waals surface area contributed by atoms with Crippen LogP contribution in [-0.2, 0) is 0 Å². The SMILES string of the molecule is CC(Nc1ccc(I)cc1Cl)C12CC3CC(CC(C3)C1)C2. The highest BCUT2D eigenvalue weighted by atomic mass is 127. The average Bonchev–Trinajstić information content (AvgIpc) is 2.40. The number of hydrogen-bond acceptors (Lipinski definition) is 1. The summed E-state index contributed by atoms with van der Waals surface area (Å²) in [6, 6.07) is 6.86. The molecule has 4 aliphatic carbocycles. The zero-order valence-electron chi connectivity index (χ0n) is 12.5. The molecule has 4 aliphatic rings. The van der Waals surface area contributed by atoms with Crippen molar-refractivity contribution in [1.29, 1.82) is 0 Å². The maximum atomic E-state index is 6.41. The van der Waals surface area contributed by atoms with Gasteiger partial charge in [0.25, 0.3) is 0 Å². The summed E-state index contributed by atoms with van der Waals surface area (Å²) < 4.78 is 1.20. The van der Waals surface area contributed by atoms with Crippen molar-refractivity contribution in [3.63, 3.8) is 0 Å². The number of nitrogens with one attached hydrogen (secondary N) is 1. The van der Waals surface area contributed by atoms with Crippen LogP contribution < -0.4 is 5.32 Å². The summed E-state index contributed by atoms with van der Waals surface area (Å²) >= 11 is 8.73. The van der Waals surface area contributed by atoms with Gasteiger partial charge in [0.2, 0.25) is 0 Å². The average molecular weight is 416 g/mol. The first-order valence-electron chi connectivity index (χ1n) is 8.26. The molecule has 4 saturated carbocycles. The molecule has 21 heavy (non-hydrogen) atoms. The van der Waals surface area contributed by atoms with Crippen LogP contribution in [0.25, 0.3) is 0 Å². The molecule has 0 heterocycles. The van der Waals surface area contributed by atoms with Gasteiger partial charge in [0.05, 0.1) is 10.7 Å². The van der Waals surface area contributed by atoms with E-state index in [1.54, 1.807) is 0 Å². The van der Waals surface area contributed by atoms with Crippen molar-refractivity contribution < 1.29 is 0 Å². The summed E-state index contributed by atoms with van der Waals surface area (Å²) in [5.74, 6) is 3.02. The summed E-state index contributed by atoms with van der Waals surface area (Å²) in [6.07, 6.45) is 8.85. The summed E-state index contributed by atoms with van der Waals surface area (Å²) in [4.78, 5) is 0. The molecule has 0 radical (unpaired) electrons. The fourth-order valence-corrected chi connectivity index (χ4v) is 6.61. The van der Waals surface area contributed by atoms with Gasteiger partial charge in [0, 0.05) is 9.61 Å². The van der Waals surface area contributed by atoms with Gasteiger partial charge in [-0.05, 0) is 109 Å². The zero-order chi connectivity index (χ0) is 14.6. The molecule has 0 aliphatic heterocycles. The maximum Gasteiger partial charge on any atom is 0.0648 e. The fourth-order valence-electron chi connectivity index (χ4n) is 5.70. The lowest BCUT2D eigenvalue weighted by Gasteiger charge is -2.59. The summed E-state index contributed by atoms with van der Waals surface area (Å²) in [7, 11) is 0. The van der Waals surface area contributed by atoms with E-state index in [2.05, 4.69) is 53.0 Å². The van der Waals surface area contributed by atoms with Gasteiger partial charge in [-0.15, -0.1) is 0 Å². The molecule has 4 fully saturated rings. The molecule has 5 rings (SSSR count). The van der Waals surface area contributed by atoms with Gasteiger partial charge in [0.15, 0.2) is 0 Å². The van der Waals surface area contributed by atoms with Crippen LogP contribution in [0.5, 0.6) is 0 Å². The van der Waals surface area contributed by atoms with Crippen molar-refractivity contribution >= 4 is 39.9 Å². The molecular weight excluding hydrogens is 393 g/mol. The molecule has 1 N–H and O–H groups in total. The minimum Gasteiger partial charge on any atom is -0.381 e. The zero-order valence-corrected chi connectivity index (χ0v) is 15.5. The second kappa shape index (κ2) is 5.30. The molecule has 0 aromatic heterocycles. The van der Waals surface area contributed by atoms with Crippen molar-refractivity contribution in [3.05, 3.63) is 26.8 Å². The minimum atomic E-state index is 0.529. The lowest BCUT2D eigenvalue weighted by Crippen LogP contribution is -2.52. The fraction of sp³-hybridized carbons (Fsp3) is 0.667. The normalized spacial score (nSPS) is 38.5. The van der Waals surface area contributed by atoms with Gasteiger partial charge < -0.3 is 5.32 Å². The molecule has 1 nitrogen and oxygen atoms in total. The standard InChI is InChI=1S/C18H23ClIN/c1-11(21-17-3-2-15(20)7-16(17)19)18-8-12-4-13(9-18)6-14(5-12)10-18/h2-3,7,11-14,21H,4-6,8-10H2,1H3. The number of halogens is 2. The summed E-state index contributed by atoms with van der Waals surface area (Å²) in [5, 5.41) is 4.62. The maximum absolute atomic E-state index is 6.41. The quantitative estimate of drug-likeness (QED) is 0.600. The Kier molecular flexibility index (Phi) is 3.69. The van der Waals surface area contributed by atoms with E-state index in [0.29, 0.717) is 11.5 Å². The van der Waals surface area contributed by atoms with E-state index < -0.39 is 0 Å². The van der Waals surface area contributed by atoms with Crippen LogP contribution in [-0.4, -0.2) is 6.04 Å². The molecule has 114 valence electrons. The molecular formula is C18H23ClIN. The van der Waals surface area contributed by atoms with E-state index >= 15 is 0 Å². The second-order valence-electron chi connectivity index (χ2n) is 7.77. The monoisotopic (exact) mass is 415 g/mol. The molecule has 0 amide bonds. The predicted molar refractivity (Wildman–Crippen MR) is 97.9 cm³/mol. The van der Waals surface area contributed by atoms with Crippen molar-refractivity contribution in [2.24, 2.45) is 23.2 Å². The third-order valence-corrected chi connectivity index (χ3v) is 7.29. The Labute approximate surface area is 146 Å². The first-order valence-corrected chi connectivity index (χ1v) is 9.71. The van der Waals surface area contributed by atoms with E-state index in [4.69, 9.17) is 11.6 Å². The predicted octanol–water partition coefficient (Wildman–Crippen LogP) is 5.96. The van der Waals surface area contributed by atoms with Crippen LogP contribution in [0.15, 0.2) is 18.2 Å². The largest absolute Gasteiger partial charge is 0.381 e. The summed E-state index contributed by atoms with van der Waals surface area (Å²) in [5.41, 5.74) is 1.64. The third kappa shape index (κ3) is 2.60. The van der Waals surface area contributed by atoms with Crippen molar-refractivity contribution in [2.75, 3.05) is 5.32 Å². The molecule has 1 atom stereocenters. The Morgan fingerprint density at radius 1 is 1.14 bits per heavy atom. The van der Waals surface area contributed by atoms with E-state index in [9.17, 15) is 0 Å². The number of hydrogen-bond donors (Lipinski definition) is 1. The lowest BCUT2D eigenvalue weighted by molar-refractivity contribution is -0.0602. The van der Waals surface area contributed by atoms with Crippen molar-refractivity contribution in [1.82, 2.24) is 0 Å². The molecule has 1 aromatic carbocycles. The molecule has 1 unspecified atom stereocenters. The Balaban J connectivity index is 1.56. The van der Waals surface area contributed by atoms with Crippen molar-refractivity contribution in [2.45, 2.75) is 51.5 Å². The van der Waals surface area contributed by atoms with Gasteiger partial charge >= 0.3 is 0 Å².